The molecule has 1 saturated heterocycles. The predicted octanol–water partition coefficient (Wildman–Crippen LogP) is -0.845. The number of carbonyl (C=O) groups is 2. The van der Waals surface area contributed by atoms with Crippen molar-refractivity contribution in [3.05, 3.63) is 35.4 Å². The highest BCUT2D eigenvalue weighted by Gasteiger charge is 2.31. The summed E-state index contributed by atoms with van der Waals surface area (Å²) in [5, 5.41) is 23.4. The molecule has 1 aromatic carbocycles. The third-order valence-corrected chi connectivity index (χ3v) is 4.13. The molecule has 2 amide bonds. The number of rotatable bonds is 7. The Bertz CT molecular complexity index is 557. The largest absolute Gasteiger partial charge is 0.394 e. The van der Waals surface area contributed by atoms with Gasteiger partial charge in [-0.25, -0.2) is 0 Å². The van der Waals surface area contributed by atoms with Crippen LogP contribution in [0.3, 0.4) is 0 Å². The highest BCUT2D eigenvalue weighted by atomic mass is 16.3. The average Bonchev–Trinajstić information content (AvgIpc) is 2.58. The summed E-state index contributed by atoms with van der Waals surface area (Å²) in [6.07, 6.45) is -0.00576. The molecule has 0 spiro atoms. The number of nitrogens with one attached hydrogen (secondary N) is 2. The highest BCUT2D eigenvalue weighted by Crippen LogP contribution is 2.14. The summed E-state index contributed by atoms with van der Waals surface area (Å²) in [7, 11) is 0. The van der Waals surface area contributed by atoms with Crippen LogP contribution in [0.25, 0.3) is 0 Å². The fourth-order valence-electron chi connectivity index (χ4n) is 2.71. The van der Waals surface area contributed by atoms with E-state index in [2.05, 4.69) is 10.6 Å². The minimum absolute atomic E-state index is 0.00576. The molecular weight excluding hydrogens is 310 g/mol. The molecule has 1 unspecified atom stereocenters. The van der Waals surface area contributed by atoms with Crippen molar-refractivity contribution in [3.8, 4) is 0 Å². The van der Waals surface area contributed by atoms with Crippen LogP contribution in [0.1, 0.15) is 17.5 Å². The Morgan fingerprint density at radius 3 is 2.62 bits per heavy atom. The number of piperazine rings is 1. The maximum atomic E-state index is 12.2. The van der Waals surface area contributed by atoms with E-state index in [1.807, 2.05) is 36.1 Å². The molecule has 1 heterocycles. The molecule has 0 saturated carbocycles. The summed E-state index contributed by atoms with van der Waals surface area (Å²) < 4.78 is 0. The molecule has 4 N–H and O–H groups in total. The van der Waals surface area contributed by atoms with Gasteiger partial charge in [0.05, 0.1) is 31.7 Å². The summed E-state index contributed by atoms with van der Waals surface area (Å²) >= 11 is 0. The molecule has 24 heavy (non-hydrogen) atoms. The van der Waals surface area contributed by atoms with Gasteiger partial charge in [0, 0.05) is 19.6 Å². The van der Waals surface area contributed by atoms with Crippen LogP contribution in [0.15, 0.2) is 24.3 Å². The van der Waals surface area contributed by atoms with Gasteiger partial charge in [0.25, 0.3) is 0 Å². The van der Waals surface area contributed by atoms with Crippen molar-refractivity contribution >= 4 is 11.8 Å². The molecule has 0 aromatic heterocycles. The lowest BCUT2D eigenvalue weighted by Gasteiger charge is -2.35. The third-order valence-electron chi connectivity index (χ3n) is 4.13. The van der Waals surface area contributed by atoms with E-state index in [-0.39, 0.29) is 31.4 Å². The number of hydrogen-bond acceptors (Lipinski definition) is 5. The standard InChI is InChI=1S/C17H25N3O4/c1-12-2-4-13(5-3-12)9-20-7-6-18-17(24)15(20)8-16(23)19-14(10-21)11-22/h2-5,14-15,21-22H,6-11H2,1H3,(H,18,24)(H,19,23). The lowest BCUT2D eigenvalue weighted by Crippen LogP contribution is -2.56. The van der Waals surface area contributed by atoms with Gasteiger partial charge in [-0.15, -0.1) is 0 Å². The second-order valence-corrected chi connectivity index (χ2v) is 6.10. The molecule has 7 heteroatoms. The molecule has 2 rings (SSSR count). The van der Waals surface area contributed by atoms with Crippen molar-refractivity contribution < 1.29 is 19.8 Å². The van der Waals surface area contributed by atoms with Crippen LogP contribution in [0.4, 0.5) is 0 Å². The zero-order valence-corrected chi connectivity index (χ0v) is 13.9. The number of aryl methyl sites for hydroxylation is 1. The quantitative estimate of drug-likeness (QED) is 0.520. The van der Waals surface area contributed by atoms with Crippen LogP contribution in [0.2, 0.25) is 0 Å². The van der Waals surface area contributed by atoms with Gasteiger partial charge in [-0.3, -0.25) is 14.5 Å². The average molecular weight is 335 g/mol. The van der Waals surface area contributed by atoms with E-state index in [1.165, 1.54) is 5.56 Å². The Morgan fingerprint density at radius 1 is 1.33 bits per heavy atom. The number of benzene rings is 1. The Morgan fingerprint density at radius 2 is 2.00 bits per heavy atom. The van der Waals surface area contributed by atoms with E-state index >= 15 is 0 Å². The summed E-state index contributed by atoms with van der Waals surface area (Å²) in [5.74, 6) is -0.535. The number of aliphatic hydroxyl groups is 2. The van der Waals surface area contributed by atoms with Gasteiger partial charge < -0.3 is 20.8 Å². The lowest BCUT2D eigenvalue weighted by atomic mass is 10.1. The van der Waals surface area contributed by atoms with Crippen molar-refractivity contribution in [1.29, 1.82) is 0 Å². The monoisotopic (exact) mass is 335 g/mol. The van der Waals surface area contributed by atoms with E-state index < -0.39 is 12.1 Å². The van der Waals surface area contributed by atoms with Crippen LogP contribution < -0.4 is 10.6 Å². The number of nitrogens with zero attached hydrogens (tertiary/aromatic N) is 1. The first-order valence-electron chi connectivity index (χ1n) is 8.12. The molecule has 0 aliphatic carbocycles. The molecule has 1 aliphatic rings. The maximum Gasteiger partial charge on any atom is 0.237 e. The number of carbonyl (C=O) groups excluding carboxylic acids is 2. The van der Waals surface area contributed by atoms with E-state index in [9.17, 15) is 9.59 Å². The van der Waals surface area contributed by atoms with Crippen molar-refractivity contribution in [2.75, 3.05) is 26.3 Å². The van der Waals surface area contributed by atoms with Crippen molar-refractivity contribution in [2.45, 2.75) is 32.0 Å². The molecule has 1 atom stereocenters. The Kier molecular flexibility index (Phi) is 6.72. The van der Waals surface area contributed by atoms with Gasteiger partial charge in [-0.05, 0) is 12.5 Å². The first-order valence-corrected chi connectivity index (χ1v) is 8.12. The molecule has 132 valence electrons. The fraction of sp³-hybridized carbons (Fsp3) is 0.529. The van der Waals surface area contributed by atoms with Gasteiger partial charge in [0.1, 0.15) is 0 Å². The van der Waals surface area contributed by atoms with Crippen molar-refractivity contribution in [3.63, 3.8) is 0 Å². The van der Waals surface area contributed by atoms with E-state index in [0.29, 0.717) is 19.6 Å². The SMILES string of the molecule is Cc1ccc(CN2CCNC(=O)C2CC(=O)NC(CO)CO)cc1. The van der Waals surface area contributed by atoms with Crippen LogP contribution in [-0.4, -0.2) is 65.3 Å². The molecule has 7 nitrogen and oxygen atoms in total. The second kappa shape index (κ2) is 8.77. The van der Waals surface area contributed by atoms with E-state index in [0.717, 1.165) is 5.56 Å². The number of aliphatic hydroxyl groups excluding tert-OH is 2. The number of amides is 2. The topological polar surface area (TPSA) is 102 Å². The zero-order chi connectivity index (χ0) is 17.5. The van der Waals surface area contributed by atoms with Crippen molar-refractivity contribution in [2.24, 2.45) is 0 Å². The molecular formula is C17H25N3O4. The van der Waals surface area contributed by atoms with E-state index in [1.54, 1.807) is 0 Å². The molecule has 1 aromatic rings. The Hall–Kier alpha value is -1.96. The second-order valence-electron chi connectivity index (χ2n) is 6.10. The summed E-state index contributed by atoms with van der Waals surface area (Å²) in [6.45, 7) is 3.15. The first-order chi connectivity index (χ1) is 11.5. The Balaban J connectivity index is 2.01. The van der Waals surface area contributed by atoms with Gasteiger partial charge in [0.2, 0.25) is 11.8 Å². The van der Waals surface area contributed by atoms with E-state index in [4.69, 9.17) is 10.2 Å². The predicted molar refractivity (Wildman–Crippen MR) is 89.1 cm³/mol. The van der Waals surface area contributed by atoms with Gasteiger partial charge in [-0.2, -0.15) is 0 Å². The Labute approximate surface area is 141 Å². The molecule has 1 aliphatic heterocycles. The summed E-state index contributed by atoms with van der Waals surface area (Å²) in [4.78, 5) is 26.2. The summed E-state index contributed by atoms with van der Waals surface area (Å²) in [5.41, 5.74) is 2.26. The number of hydrogen-bond donors (Lipinski definition) is 4. The lowest BCUT2D eigenvalue weighted by molar-refractivity contribution is -0.134. The third kappa shape index (κ3) is 5.02. The molecule has 1 fully saturated rings. The molecule has 0 radical (unpaired) electrons. The fourth-order valence-corrected chi connectivity index (χ4v) is 2.71. The van der Waals surface area contributed by atoms with Gasteiger partial charge >= 0.3 is 0 Å². The first kappa shape index (κ1) is 18.4. The smallest absolute Gasteiger partial charge is 0.237 e. The normalized spacial score (nSPS) is 18.5. The van der Waals surface area contributed by atoms with Crippen LogP contribution >= 0.6 is 0 Å². The van der Waals surface area contributed by atoms with Gasteiger partial charge in [0.15, 0.2) is 0 Å². The van der Waals surface area contributed by atoms with Crippen LogP contribution in [-0.2, 0) is 16.1 Å². The minimum atomic E-state index is -0.699. The van der Waals surface area contributed by atoms with Gasteiger partial charge in [-0.1, -0.05) is 29.8 Å². The van der Waals surface area contributed by atoms with Crippen LogP contribution in [0.5, 0.6) is 0 Å². The molecule has 0 bridgehead atoms. The van der Waals surface area contributed by atoms with Crippen LogP contribution in [0, 0.1) is 6.92 Å². The highest BCUT2D eigenvalue weighted by molar-refractivity contribution is 5.88. The summed E-state index contributed by atoms with van der Waals surface area (Å²) in [6, 6.07) is 6.83. The van der Waals surface area contributed by atoms with Crippen molar-refractivity contribution in [1.82, 2.24) is 15.5 Å². The zero-order valence-electron chi connectivity index (χ0n) is 13.9. The maximum absolute atomic E-state index is 12.2. The minimum Gasteiger partial charge on any atom is -0.394 e.